The number of nitrogens with zero attached hydrogens (tertiary/aromatic N) is 2. The van der Waals surface area contributed by atoms with Gasteiger partial charge in [0.1, 0.15) is 5.75 Å². The van der Waals surface area contributed by atoms with E-state index in [0.717, 1.165) is 5.56 Å². The van der Waals surface area contributed by atoms with Crippen LogP contribution >= 0.6 is 0 Å². The first-order valence-electron chi connectivity index (χ1n) is 7.93. The molecule has 2 aromatic carbocycles. The number of nitro benzene ring substituents is 1. The molecule has 134 valence electrons. The Bertz CT molecular complexity index is 843. The summed E-state index contributed by atoms with van der Waals surface area (Å²) in [5.74, 6) is -1.42. The lowest BCUT2D eigenvalue weighted by Gasteiger charge is -2.36. The van der Waals surface area contributed by atoms with Gasteiger partial charge in [0.15, 0.2) is 0 Å². The molecule has 8 nitrogen and oxygen atoms in total. The Labute approximate surface area is 148 Å². The third kappa shape index (κ3) is 4.04. The molecule has 0 unspecified atom stereocenters. The van der Waals surface area contributed by atoms with E-state index in [2.05, 4.69) is 0 Å². The topological polar surface area (TPSA) is 110 Å². The number of carboxylic acids is 1. The van der Waals surface area contributed by atoms with Crippen molar-refractivity contribution in [1.82, 2.24) is 4.90 Å². The zero-order valence-corrected chi connectivity index (χ0v) is 13.7. The number of rotatable bonds is 6. The van der Waals surface area contributed by atoms with Gasteiger partial charge in [-0.3, -0.25) is 19.8 Å². The maximum Gasteiger partial charge on any atom is 0.343 e. The fourth-order valence-electron chi connectivity index (χ4n) is 2.69. The van der Waals surface area contributed by atoms with E-state index in [9.17, 15) is 19.7 Å². The third-order valence-electron chi connectivity index (χ3n) is 4.14. The summed E-state index contributed by atoms with van der Waals surface area (Å²) in [4.78, 5) is 35.1. The van der Waals surface area contributed by atoms with Crippen molar-refractivity contribution in [3.05, 3.63) is 69.8 Å². The van der Waals surface area contributed by atoms with E-state index >= 15 is 0 Å². The number of carbonyl (C=O) groups excluding carboxylic acids is 1. The number of carbonyl (C=O) groups is 2. The van der Waals surface area contributed by atoms with E-state index in [4.69, 9.17) is 9.84 Å². The van der Waals surface area contributed by atoms with Crippen molar-refractivity contribution in [2.75, 3.05) is 13.1 Å². The van der Waals surface area contributed by atoms with Gasteiger partial charge in [0.2, 0.25) is 0 Å². The van der Waals surface area contributed by atoms with Crippen molar-refractivity contribution in [3.63, 3.8) is 0 Å². The first-order valence-corrected chi connectivity index (χ1v) is 7.93. The second-order valence-electron chi connectivity index (χ2n) is 6.07. The molecule has 26 heavy (non-hydrogen) atoms. The average Bonchev–Trinajstić information content (AvgIpc) is 2.58. The Morgan fingerprint density at radius 3 is 2.50 bits per heavy atom. The smallest absolute Gasteiger partial charge is 0.343 e. The molecule has 1 heterocycles. The van der Waals surface area contributed by atoms with Crippen LogP contribution in [-0.2, 0) is 11.3 Å². The number of hydrogen-bond donors (Lipinski definition) is 1. The zero-order valence-electron chi connectivity index (χ0n) is 13.7. The van der Waals surface area contributed by atoms with Crippen LogP contribution in [0.25, 0.3) is 0 Å². The van der Waals surface area contributed by atoms with Crippen molar-refractivity contribution < 1.29 is 24.4 Å². The Kier molecular flexibility index (Phi) is 4.94. The third-order valence-corrected chi connectivity index (χ3v) is 4.14. The molecule has 0 aliphatic carbocycles. The van der Waals surface area contributed by atoms with Crippen LogP contribution in [0.4, 0.5) is 5.69 Å². The summed E-state index contributed by atoms with van der Waals surface area (Å²) in [5.41, 5.74) is 0.900. The van der Waals surface area contributed by atoms with Gasteiger partial charge in [-0.2, -0.15) is 0 Å². The Morgan fingerprint density at radius 2 is 1.88 bits per heavy atom. The lowest BCUT2D eigenvalue weighted by Crippen LogP contribution is -2.49. The van der Waals surface area contributed by atoms with Gasteiger partial charge in [0, 0.05) is 31.8 Å². The zero-order chi connectivity index (χ0) is 18.7. The van der Waals surface area contributed by atoms with Crippen molar-refractivity contribution in [2.24, 2.45) is 5.92 Å². The second-order valence-corrected chi connectivity index (χ2v) is 6.07. The average molecular weight is 356 g/mol. The lowest BCUT2D eigenvalue weighted by atomic mass is 10.00. The van der Waals surface area contributed by atoms with E-state index in [-0.39, 0.29) is 17.2 Å². The normalized spacial score (nSPS) is 14.5. The number of esters is 1. The number of aliphatic carboxylic acids is 1. The molecule has 8 heteroatoms. The van der Waals surface area contributed by atoms with Crippen molar-refractivity contribution >= 4 is 17.6 Å². The molecule has 0 aromatic heterocycles. The van der Waals surface area contributed by atoms with Crippen LogP contribution in [0.2, 0.25) is 0 Å². The molecule has 2 aromatic rings. The fourth-order valence-corrected chi connectivity index (χ4v) is 2.69. The van der Waals surface area contributed by atoms with E-state index in [1.807, 2.05) is 4.90 Å². The van der Waals surface area contributed by atoms with Gasteiger partial charge in [-0.05, 0) is 23.8 Å². The van der Waals surface area contributed by atoms with Crippen LogP contribution < -0.4 is 4.74 Å². The maximum atomic E-state index is 12.1. The van der Waals surface area contributed by atoms with Gasteiger partial charge < -0.3 is 9.84 Å². The lowest BCUT2D eigenvalue weighted by molar-refractivity contribution is -0.384. The molecule has 1 N–H and O–H groups in total. The number of non-ortho nitro benzene ring substituents is 1. The number of likely N-dealkylation sites (tertiary alicyclic amines) is 1. The molecular formula is C18H16N2O6. The second kappa shape index (κ2) is 7.32. The molecule has 1 aliphatic rings. The molecule has 1 saturated heterocycles. The molecule has 1 fully saturated rings. The minimum Gasteiger partial charge on any atom is -0.481 e. The quantitative estimate of drug-likeness (QED) is 0.366. The van der Waals surface area contributed by atoms with Crippen LogP contribution in [-0.4, -0.2) is 40.0 Å². The Morgan fingerprint density at radius 1 is 1.19 bits per heavy atom. The molecule has 0 radical (unpaired) electrons. The van der Waals surface area contributed by atoms with Gasteiger partial charge in [0.25, 0.3) is 5.69 Å². The molecule has 0 atom stereocenters. The number of hydrogen-bond acceptors (Lipinski definition) is 6. The van der Waals surface area contributed by atoms with Crippen molar-refractivity contribution in [1.29, 1.82) is 0 Å². The molecule has 0 amide bonds. The largest absolute Gasteiger partial charge is 0.481 e. The number of benzene rings is 2. The highest BCUT2D eigenvalue weighted by Crippen LogP contribution is 2.21. The van der Waals surface area contributed by atoms with Crippen molar-refractivity contribution in [3.8, 4) is 5.75 Å². The number of carboxylic acid groups (broad SMARTS) is 1. The SMILES string of the molecule is O=C(Oc1ccc(CN2CC(C(=O)O)C2)cc1)c1cccc([N+](=O)[O-])c1. The molecule has 0 bridgehead atoms. The van der Waals surface area contributed by atoms with Crippen LogP contribution in [0.5, 0.6) is 5.75 Å². The van der Waals surface area contributed by atoms with Gasteiger partial charge in [0.05, 0.1) is 16.4 Å². The van der Waals surface area contributed by atoms with Gasteiger partial charge in [-0.1, -0.05) is 18.2 Å². The number of nitro groups is 1. The maximum absolute atomic E-state index is 12.1. The summed E-state index contributed by atoms with van der Waals surface area (Å²) in [7, 11) is 0. The van der Waals surface area contributed by atoms with Gasteiger partial charge in [-0.15, -0.1) is 0 Å². The predicted molar refractivity (Wildman–Crippen MR) is 90.9 cm³/mol. The number of ether oxygens (including phenoxy) is 1. The summed E-state index contributed by atoms with van der Waals surface area (Å²) in [5, 5.41) is 19.6. The molecule has 1 aliphatic heterocycles. The minimum atomic E-state index is -0.773. The Hall–Kier alpha value is -3.26. The fraction of sp³-hybridized carbons (Fsp3) is 0.222. The molecule has 0 saturated carbocycles. The first kappa shape index (κ1) is 17.6. The highest BCUT2D eigenvalue weighted by molar-refractivity contribution is 5.91. The van der Waals surface area contributed by atoms with E-state index < -0.39 is 16.9 Å². The van der Waals surface area contributed by atoms with Crippen molar-refractivity contribution in [2.45, 2.75) is 6.54 Å². The summed E-state index contributed by atoms with van der Waals surface area (Å²) in [6.45, 7) is 1.68. The molecule has 0 spiro atoms. The standard InChI is InChI=1S/C18H16N2O6/c21-17(22)14-10-19(11-14)9-12-4-6-16(7-5-12)26-18(23)13-2-1-3-15(8-13)20(24)25/h1-8,14H,9-11H2,(H,21,22). The van der Waals surface area contributed by atoms with E-state index in [1.165, 1.54) is 24.3 Å². The minimum absolute atomic E-state index is 0.101. The van der Waals surface area contributed by atoms with Crippen LogP contribution in [0.1, 0.15) is 15.9 Å². The van der Waals surface area contributed by atoms with Gasteiger partial charge >= 0.3 is 11.9 Å². The van der Waals surface area contributed by atoms with Crippen LogP contribution in [0.15, 0.2) is 48.5 Å². The summed E-state index contributed by atoms with van der Waals surface area (Å²) in [6.07, 6.45) is 0. The first-order chi connectivity index (χ1) is 12.4. The summed E-state index contributed by atoms with van der Waals surface area (Å²) < 4.78 is 5.23. The Balaban J connectivity index is 1.57. The highest BCUT2D eigenvalue weighted by atomic mass is 16.6. The predicted octanol–water partition coefficient (Wildman–Crippen LogP) is 2.33. The van der Waals surface area contributed by atoms with E-state index in [0.29, 0.717) is 25.4 Å². The van der Waals surface area contributed by atoms with Gasteiger partial charge in [-0.25, -0.2) is 4.79 Å². The molecule has 3 rings (SSSR count). The highest BCUT2D eigenvalue weighted by Gasteiger charge is 2.32. The molecular weight excluding hydrogens is 340 g/mol. The summed E-state index contributed by atoms with van der Waals surface area (Å²) in [6, 6.07) is 12.2. The van der Waals surface area contributed by atoms with Crippen LogP contribution in [0, 0.1) is 16.0 Å². The van der Waals surface area contributed by atoms with Crippen LogP contribution in [0.3, 0.4) is 0 Å². The van der Waals surface area contributed by atoms with E-state index in [1.54, 1.807) is 24.3 Å². The monoisotopic (exact) mass is 356 g/mol. The summed E-state index contributed by atoms with van der Waals surface area (Å²) >= 11 is 0.